The minimum absolute atomic E-state index is 0. The molecule has 3 N–H and O–H groups in total. The van der Waals surface area contributed by atoms with Crippen LogP contribution in [0.15, 0.2) is 61.2 Å². The summed E-state index contributed by atoms with van der Waals surface area (Å²) >= 11 is 1.43. The van der Waals surface area contributed by atoms with E-state index in [9.17, 15) is 27.6 Å². The Bertz CT molecular complexity index is 1550. The summed E-state index contributed by atoms with van der Waals surface area (Å²) in [5.74, 6) is -2.84. The standard InChI is InChI=1S/C33H43N5O7S2.H2/c1-4-6-7-10-18-38(3)32(41)27-21-23(45-33(42)36-28-12-9-8-11-25(28)31-34-17-19-46-31)20-26(27)30(40)35-22(5-2)13-16-29(39)37-47(43,44)24-14-15-24;/h4-5,8-9,11-12,17,19,22-24,26-27H,1-2,6-7,10,13-16,18,20-21H2,3H3,(H,35,40)(H,36,42)(H,37,39);1H/t22?,23-,26-,27-;/m1./s1. The molecule has 1 heterocycles. The number of rotatable bonds is 17. The van der Waals surface area contributed by atoms with Gasteiger partial charge in [0, 0.05) is 44.6 Å². The molecule has 4 amide bonds. The summed E-state index contributed by atoms with van der Waals surface area (Å²) in [6, 6.07) is 6.57. The molecule has 0 radical (unpaired) electrons. The van der Waals surface area contributed by atoms with E-state index in [0.29, 0.717) is 25.1 Å². The van der Waals surface area contributed by atoms with E-state index in [1.54, 1.807) is 30.3 Å². The Morgan fingerprint density at radius 3 is 2.57 bits per heavy atom. The van der Waals surface area contributed by atoms with Crippen LogP contribution in [0, 0.1) is 11.8 Å². The number of unbranched alkanes of at least 4 members (excludes halogenated alkanes) is 2. The first-order valence-corrected chi connectivity index (χ1v) is 18.2. The lowest BCUT2D eigenvalue weighted by molar-refractivity contribution is -0.140. The van der Waals surface area contributed by atoms with E-state index < -0.39 is 57.2 Å². The van der Waals surface area contributed by atoms with Gasteiger partial charge >= 0.3 is 6.09 Å². The average molecular weight is 688 g/mol. The van der Waals surface area contributed by atoms with Crippen LogP contribution < -0.4 is 15.4 Å². The summed E-state index contributed by atoms with van der Waals surface area (Å²) in [7, 11) is -1.97. The van der Waals surface area contributed by atoms with Crippen molar-refractivity contribution >= 4 is 50.9 Å². The van der Waals surface area contributed by atoms with E-state index in [1.807, 2.05) is 23.6 Å². The van der Waals surface area contributed by atoms with Crippen molar-refractivity contribution in [1.82, 2.24) is 19.9 Å². The molecule has 0 aliphatic heterocycles. The maximum absolute atomic E-state index is 13.6. The second kappa shape index (κ2) is 16.7. The van der Waals surface area contributed by atoms with Crippen LogP contribution in [-0.2, 0) is 29.1 Å². The summed E-state index contributed by atoms with van der Waals surface area (Å²) in [5.41, 5.74) is 1.26. The predicted octanol–water partition coefficient (Wildman–Crippen LogP) is 4.87. The molecule has 0 spiro atoms. The number of carbonyl (C=O) groups is 4. The zero-order valence-corrected chi connectivity index (χ0v) is 28.2. The van der Waals surface area contributed by atoms with Gasteiger partial charge in [0.25, 0.3) is 0 Å². The smallest absolute Gasteiger partial charge is 0.411 e. The molecule has 1 aromatic carbocycles. The fourth-order valence-corrected chi connectivity index (χ4v) is 7.62. The van der Waals surface area contributed by atoms with Crippen LogP contribution in [0.1, 0.15) is 59.2 Å². The number of anilines is 1. The zero-order chi connectivity index (χ0) is 34.0. The number of nitrogens with zero attached hydrogens (tertiary/aromatic N) is 2. The molecular formula is C33H45N5O7S2. The van der Waals surface area contributed by atoms with Crippen molar-refractivity contribution < 1.29 is 33.8 Å². The third kappa shape index (κ3) is 10.2. The highest BCUT2D eigenvalue weighted by Crippen LogP contribution is 2.36. The lowest BCUT2D eigenvalue weighted by Gasteiger charge is -2.25. The van der Waals surface area contributed by atoms with Crippen molar-refractivity contribution in [2.24, 2.45) is 11.8 Å². The van der Waals surface area contributed by atoms with E-state index in [-0.39, 0.29) is 33.0 Å². The van der Waals surface area contributed by atoms with Crippen molar-refractivity contribution in [3.8, 4) is 10.6 Å². The van der Waals surface area contributed by atoms with Gasteiger partial charge in [0.1, 0.15) is 11.1 Å². The second-order valence-corrected chi connectivity index (χ2v) is 14.8. The molecule has 2 fully saturated rings. The van der Waals surface area contributed by atoms with E-state index in [1.165, 1.54) is 17.4 Å². The molecular weight excluding hydrogens is 643 g/mol. The number of ether oxygens (including phenoxy) is 1. The summed E-state index contributed by atoms with van der Waals surface area (Å²) in [4.78, 5) is 58.5. The maximum Gasteiger partial charge on any atom is 0.411 e. The lowest BCUT2D eigenvalue weighted by Crippen LogP contribution is -2.44. The number of benzene rings is 1. The van der Waals surface area contributed by atoms with Crippen LogP contribution >= 0.6 is 11.3 Å². The number of amides is 4. The molecule has 14 heteroatoms. The Labute approximate surface area is 281 Å². The molecule has 2 aliphatic rings. The largest absolute Gasteiger partial charge is 0.446 e. The lowest BCUT2D eigenvalue weighted by atomic mass is 9.93. The summed E-state index contributed by atoms with van der Waals surface area (Å²) < 4.78 is 32.0. The zero-order valence-electron chi connectivity index (χ0n) is 26.6. The molecule has 2 saturated carbocycles. The molecule has 0 saturated heterocycles. The quantitative estimate of drug-likeness (QED) is 0.157. The Hall–Kier alpha value is -4.04. The topological polar surface area (TPSA) is 164 Å². The Kier molecular flexibility index (Phi) is 12.7. The Morgan fingerprint density at radius 2 is 1.89 bits per heavy atom. The van der Waals surface area contributed by atoms with Gasteiger partial charge in [-0.15, -0.1) is 24.5 Å². The van der Waals surface area contributed by atoms with Crippen LogP contribution in [-0.4, -0.2) is 73.1 Å². The summed E-state index contributed by atoms with van der Waals surface area (Å²) in [6.45, 7) is 7.99. The number of hydrogen-bond donors (Lipinski definition) is 3. The third-order valence-corrected chi connectivity index (χ3v) is 11.0. The third-order valence-electron chi connectivity index (χ3n) is 8.32. The van der Waals surface area contributed by atoms with E-state index >= 15 is 0 Å². The highest BCUT2D eigenvalue weighted by molar-refractivity contribution is 7.90. The highest BCUT2D eigenvalue weighted by atomic mass is 32.2. The number of hydrogen-bond acceptors (Lipinski definition) is 9. The van der Waals surface area contributed by atoms with Gasteiger partial charge in [-0.3, -0.25) is 24.4 Å². The van der Waals surface area contributed by atoms with E-state index in [0.717, 1.165) is 29.8 Å². The minimum Gasteiger partial charge on any atom is -0.446 e. The molecule has 256 valence electrons. The molecule has 4 atom stereocenters. The molecule has 2 aromatic rings. The number of sulfonamides is 1. The van der Waals surface area contributed by atoms with Crippen LogP contribution in [0.2, 0.25) is 0 Å². The number of carbonyl (C=O) groups excluding carboxylic acids is 4. The molecule has 1 unspecified atom stereocenters. The molecule has 47 heavy (non-hydrogen) atoms. The summed E-state index contributed by atoms with van der Waals surface area (Å²) in [5, 5.41) is 7.68. The Morgan fingerprint density at radius 1 is 1.15 bits per heavy atom. The summed E-state index contributed by atoms with van der Waals surface area (Å²) in [6.07, 6.45) is 7.38. The van der Waals surface area contributed by atoms with Gasteiger partial charge in [0.15, 0.2) is 0 Å². The van der Waals surface area contributed by atoms with Gasteiger partial charge in [-0.25, -0.2) is 18.2 Å². The van der Waals surface area contributed by atoms with Gasteiger partial charge in [-0.2, -0.15) is 0 Å². The van der Waals surface area contributed by atoms with Crippen LogP contribution in [0.4, 0.5) is 10.5 Å². The highest BCUT2D eigenvalue weighted by Gasteiger charge is 2.45. The second-order valence-electron chi connectivity index (χ2n) is 11.9. The first-order chi connectivity index (χ1) is 22.5. The van der Waals surface area contributed by atoms with Crippen LogP contribution in [0.25, 0.3) is 10.6 Å². The first-order valence-electron chi connectivity index (χ1n) is 15.8. The number of para-hydroxylation sites is 1. The number of nitrogens with one attached hydrogen (secondary N) is 3. The fraction of sp³-hybridized carbons (Fsp3) is 0.485. The van der Waals surface area contributed by atoms with Gasteiger partial charge in [0.05, 0.1) is 22.8 Å². The predicted molar refractivity (Wildman–Crippen MR) is 183 cm³/mol. The molecule has 12 nitrogen and oxygen atoms in total. The average Bonchev–Trinajstić information content (AvgIpc) is 3.62. The van der Waals surface area contributed by atoms with Crippen molar-refractivity contribution in [1.29, 1.82) is 0 Å². The van der Waals surface area contributed by atoms with E-state index in [2.05, 4.69) is 33.5 Å². The number of thiazole rings is 1. The maximum atomic E-state index is 13.6. The number of aromatic nitrogens is 1. The molecule has 2 aliphatic carbocycles. The monoisotopic (exact) mass is 687 g/mol. The van der Waals surface area contributed by atoms with Gasteiger partial charge in [-0.1, -0.05) is 24.3 Å². The van der Waals surface area contributed by atoms with Crippen molar-refractivity contribution in [3.63, 3.8) is 0 Å². The normalized spacial score (nSPS) is 19.6. The molecule has 1 aromatic heterocycles. The molecule has 0 bridgehead atoms. The van der Waals surface area contributed by atoms with Gasteiger partial charge in [0.2, 0.25) is 27.7 Å². The van der Waals surface area contributed by atoms with Crippen molar-refractivity contribution in [2.45, 2.75) is 75.2 Å². The van der Waals surface area contributed by atoms with Gasteiger partial charge in [-0.05, 0) is 63.5 Å². The van der Waals surface area contributed by atoms with Crippen molar-refractivity contribution in [3.05, 3.63) is 61.2 Å². The van der Waals surface area contributed by atoms with Crippen LogP contribution in [0.5, 0.6) is 0 Å². The minimum atomic E-state index is -3.67. The fourth-order valence-electron chi connectivity index (χ4n) is 5.60. The Balaban J connectivity index is 0.00000625. The van der Waals surface area contributed by atoms with Gasteiger partial charge < -0.3 is 15.0 Å². The van der Waals surface area contributed by atoms with Crippen molar-refractivity contribution in [2.75, 3.05) is 18.9 Å². The first kappa shape index (κ1) is 35.8. The molecule has 4 rings (SSSR count). The van der Waals surface area contributed by atoms with Crippen LogP contribution in [0.3, 0.4) is 0 Å². The SMILES string of the molecule is C=CCCCCN(C)C(=O)[C@@H]1C[C@H](OC(=O)Nc2ccccc2-c2nccs2)C[C@H]1C(=O)NC(C=C)CCC(=O)NS(=O)(=O)C1CC1.[HH]. The van der Waals surface area contributed by atoms with E-state index in [4.69, 9.17) is 4.74 Å². The number of allylic oxidation sites excluding steroid dienone is 1.